The van der Waals surface area contributed by atoms with E-state index in [1.165, 1.54) is 44.9 Å². The maximum atomic E-state index is 8.89. The summed E-state index contributed by atoms with van der Waals surface area (Å²) in [5.74, 6) is -1.08. The van der Waals surface area contributed by atoms with Gasteiger partial charge in [0.05, 0.1) is 12.2 Å². The molecular formula is C17H32HgO4. The van der Waals surface area contributed by atoms with Crippen molar-refractivity contribution in [3.8, 4) is 0 Å². The molecule has 1 aliphatic heterocycles. The Bertz CT molecular complexity index is 257. The normalized spacial score (nSPS) is 23.9. The molecule has 0 aromatic heterocycles. The number of aliphatic carboxylic acids is 1. The van der Waals surface area contributed by atoms with Gasteiger partial charge in [0.25, 0.3) is 0 Å². The van der Waals surface area contributed by atoms with E-state index in [4.69, 9.17) is 19.4 Å². The minimum absolute atomic E-state index is 0. The number of carbonyl (C=O) groups excluding carboxylic acids is 1. The van der Waals surface area contributed by atoms with Crippen LogP contribution in [-0.2, 0) is 41.9 Å². The molecule has 0 aromatic carbocycles. The third kappa shape index (κ3) is 15.2. The minimum atomic E-state index is -1.08. The van der Waals surface area contributed by atoms with Crippen molar-refractivity contribution in [2.45, 2.75) is 97.1 Å². The summed E-state index contributed by atoms with van der Waals surface area (Å²) in [7, 11) is 0. The summed E-state index contributed by atoms with van der Waals surface area (Å²) >= 11 is 0. The molecule has 5 heteroatoms. The van der Waals surface area contributed by atoms with Crippen LogP contribution in [0.25, 0.3) is 0 Å². The van der Waals surface area contributed by atoms with Gasteiger partial charge in [-0.15, -0.1) is 0 Å². The second-order valence-corrected chi connectivity index (χ2v) is 5.64. The van der Waals surface area contributed by atoms with Crippen LogP contribution in [0.5, 0.6) is 0 Å². The first kappa shape index (κ1) is 24.6. The van der Waals surface area contributed by atoms with E-state index in [0.717, 1.165) is 19.8 Å². The summed E-state index contributed by atoms with van der Waals surface area (Å²) in [4.78, 5) is 8.89. The smallest absolute Gasteiger partial charge is 0.550 e. The molecule has 0 unspecified atom stereocenters. The second-order valence-electron chi connectivity index (χ2n) is 5.64. The van der Waals surface area contributed by atoms with Crippen molar-refractivity contribution < 1.29 is 47.0 Å². The standard InChI is InChI=1S/C15H29O2.C2H4O2.Hg/c1-4-6-7-8-9-10-11-14-12-13(3)16-15(5-2)17-14;1-2(3)4;/h13-15H,3-12H2,1-2H3;1H3,(H,3,4);/q;;+1/p-1/t13-,14+,15-;;/m1../s1. The van der Waals surface area contributed by atoms with Gasteiger partial charge in [-0.3, -0.25) is 0 Å². The average molecular weight is 501 g/mol. The van der Waals surface area contributed by atoms with E-state index in [1.54, 1.807) is 0 Å². The van der Waals surface area contributed by atoms with Crippen LogP contribution in [0.2, 0.25) is 0 Å². The summed E-state index contributed by atoms with van der Waals surface area (Å²) in [6.45, 7) is 9.35. The second kappa shape index (κ2) is 16.2. The first-order valence-corrected chi connectivity index (χ1v) is 8.31. The predicted octanol–water partition coefficient (Wildman–Crippen LogP) is 3.23. The first-order valence-electron chi connectivity index (χ1n) is 8.31. The van der Waals surface area contributed by atoms with Crippen LogP contribution in [0.15, 0.2) is 0 Å². The summed E-state index contributed by atoms with van der Waals surface area (Å²) in [6, 6.07) is 0. The number of hydrogen-bond acceptors (Lipinski definition) is 4. The Hall–Kier alpha value is 0.325. The molecule has 0 amide bonds. The summed E-state index contributed by atoms with van der Waals surface area (Å²) in [5, 5.41) is 8.89. The number of unbranched alkanes of at least 4 members (excludes halogenated alkanes) is 5. The van der Waals surface area contributed by atoms with Gasteiger partial charge in [-0.1, -0.05) is 52.4 Å². The molecule has 0 aliphatic carbocycles. The molecule has 2 radical (unpaired) electrons. The van der Waals surface area contributed by atoms with Gasteiger partial charge in [-0.05, 0) is 33.1 Å². The average Bonchev–Trinajstić information content (AvgIpc) is 2.41. The van der Waals surface area contributed by atoms with Gasteiger partial charge >= 0.3 is 27.7 Å². The predicted molar refractivity (Wildman–Crippen MR) is 82.5 cm³/mol. The van der Waals surface area contributed by atoms with Crippen molar-refractivity contribution in [2.24, 2.45) is 0 Å². The fraction of sp³-hybridized carbons (Fsp3) is 0.882. The van der Waals surface area contributed by atoms with Crippen LogP contribution < -0.4 is 5.11 Å². The third-order valence-corrected chi connectivity index (χ3v) is 3.43. The fourth-order valence-corrected chi connectivity index (χ4v) is 2.40. The quantitative estimate of drug-likeness (QED) is 0.379. The van der Waals surface area contributed by atoms with Gasteiger partial charge in [0.2, 0.25) is 0 Å². The van der Waals surface area contributed by atoms with Gasteiger partial charge in [0.1, 0.15) is 0 Å². The number of ether oxygens (including phenoxy) is 2. The summed E-state index contributed by atoms with van der Waals surface area (Å²) in [6.07, 6.45) is 11.7. The molecule has 0 bridgehead atoms. The van der Waals surface area contributed by atoms with Crippen LogP contribution in [0, 0.1) is 6.92 Å². The number of hydrogen-bond donors (Lipinski definition) is 0. The molecule has 1 fully saturated rings. The molecule has 1 rings (SSSR count). The van der Waals surface area contributed by atoms with Crippen molar-refractivity contribution in [1.82, 2.24) is 0 Å². The van der Waals surface area contributed by atoms with Gasteiger partial charge in [-0.2, -0.15) is 0 Å². The molecule has 0 saturated carbocycles. The van der Waals surface area contributed by atoms with Crippen molar-refractivity contribution in [3.05, 3.63) is 6.92 Å². The zero-order valence-corrected chi connectivity index (χ0v) is 20.1. The van der Waals surface area contributed by atoms with Crippen LogP contribution in [0.4, 0.5) is 0 Å². The summed E-state index contributed by atoms with van der Waals surface area (Å²) < 4.78 is 11.5. The summed E-state index contributed by atoms with van der Waals surface area (Å²) in [5.41, 5.74) is 0. The van der Waals surface area contributed by atoms with Gasteiger partial charge in [-0.25, -0.2) is 0 Å². The number of carboxylic acid groups (broad SMARTS) is 1. The van der Waals surface area contributed by atoms with E-state index in [9.17, 15) is 0 Å². The van der Waals surface area contributed by atoms with Crippen molar-refractivity contribution in [2.75, 3.05) is 0 Å². The molecule has 22 heavy (non-hydrogen) atoms. The van der Waals surface area contributed by atoms with E-state index >= 15 is 0 Å². The third-order valence-electron chi connectivity index (χ3n) is 3.43. The Morgan fingerprint density at radius 3 is 2.23 bits per heavy atom. The molecule has 0 aromatic rings. The van der Waals surface area contributed by atoms with E-state index in [1.807, 2.05) is 0 Å². The van der Waals surface area contributed by atoms with Crippen molar-refractivity contribution >= 4 is 5.97 Å². The Morgan fingerprint density at radius 1 is 1.14 bits per heavy atom. The maximum absolute atomic E-state index is 8.89. The van der Waals surface area contributed by atoms with Crippen LogP contribution in [-0.4, -0.2) is 24.5 Å². The molecule has 3 atom stereocenters. The Labute approximate surface area is 156 Å². The molecule has 126 valence electrons. The van der Waals surface area contributed by atoms with Crippen LogP contribution in [0.1, 0.15) is 78.6 Å². The van der Waals surface area contributed by atoms with Gasteiger partial charge < -0.3 is 19.4 Å². The Kier molecular flexibility index (Phi) is 18.1. The zero-order valence-electron chi connectivity index (χ0n) is 14.6. The van der Waals surface area contributed by atoms with E-state index in [0.29, 0.717) is 6.10 Å². The van der Waals surface area contributed by atoms with Crippen LogP contribution in [0.3, 0.4) is 0 Å². The number of rotatable bonds is 8. The molecule has 1 heterocycles. The molecule has 4 nitrogen and oxygen atoms in total. The fourth-order valence-electron chi connectivity index (χ4n) is 2.40. The molecule has 0 N–H and O–H groups in total. The first-order chi connectivity index (χ1) is 9.99. The topological polar surface area (TPSA) is 58.6 Å². The van der Waals surface area contributed by atoms with Crippen molar-refractivity contribution in [1.29, 1.82) is 0 Å². The number of carboxylic acids is 1. The number of carbonyl (C=O) groups is 1. The molecular weight excluding hydrogens is 469 g/mol. The maximum Gasteiger partial charge on any atom is 1.00 e. The monoisotopic (exact) mass is 502 g/mol. The van der Waals surface area contributed by atoms with Crippen LogP contribution >= 0.6 is 0 Å². The van der Waals surface area contributed by atoms with E-state index < -0.39 is 5.97 Å². The van der Waals surface area contributed by atoms with Gasteiger partial charge in [0.15, 0.2) is 6.29 Å². The van der Waals surface area contributed by atoms with Crippen molar-refractivity contribution in [3.63, 3.8) is 0 Å². The van der Waals surface area contributed by atoms with Gasteiger partial charge in [0, 0.05) is 5.97 Å². The SMILES string of the molecule is CC(=O)[O-].[CH2][C@@H]1C[C@H](CCCCCCCC)O[C@H](CC)O1.[Hg+]. The largest absolute Gasteiger partial charge is 1.00 e. The molecule has 1 saturated heterocycles. The molecule has 0 spiro atoms. The van der Waals surface area contributed by atoms with E-state index in [2.05, 4.69) is 20.8 Å². The zero-order chi connectivity index (χ0) is 16.1. The van der Waals surface area contributed by atoms with E-state index in [-0.39, 0.29) is 40.1 Å². The Morgan fingerprint density at radius 2 is 1.68 bits per heavy atom. The molecule has 1 aliphatic rings. The minimum Gasteiger partial charge on any atom is -0.550 e. The Balaban J connectivity index is 0.